The summed E-state index contributed by atoms with van der Waals surface area (Å²) in [6.07, 6.45) is 2.73. The van der Waals surface area contributed by atoms with Gasteiger partial charge in [-0.3, -0.25) is 0 Å². The Bertz CT molecular complexity index is 321. The van der Waals surface area contributed by atoms with Gasteiger partial charge in [-0.25, -0.2) is 0 Å². The molecule has 1 aliphatic rings. The minimum absolute atomic E-state index is 0.811. The Hall–Kier alpha value is -1.06. The van der Waals surface area contributed by atoms with E-state index in [2.05, 4.69) is 40.2 Å². The van der Waals surface area contributed by atoms with Crippen LogP contribution >= 0.6 is 0 Å². The van der Waals surface area contributed by atoms with Crippen molar-refractivity contribution < 1.29 is 0 Å². The van der Waals surface area contributed by atoms with Crippen molar-refractivity contribution in [3.05, 3.63) is 29.8 Å². The fourth-order valence-corrected chi connectivity index (χ4v) is 1.79. The molecule has 0 saturated heterocycles. The van der Waals surface area contributed by atoms with Crippen molar-refractivity contribution in [3.8, 4) is 0 Å². The van der Waals surface area contributed by atoms with Gasteiger partial charge < -0.3 is 16.0 Å². The molecule has 0 heterocycles. The van der Waals surface area contributed by atoms with E-state index in [-0.39, 0.29) is 0 Å². The number of hydrogen-bond acceptors (Lipinski definition) is 3. The first kappa shape index (κ1) is 11.4. The second-order valence-corrected chi connectivity index (χ2v) is 4.31. The van der Waals surface area contributed by atoms with Crippen LogP contribution in [0.15, 0.2) is 24.3 Å². The average Bonchev–Trinajstić information content (AvgIpc) is 3.13. The van der Waals surface area contributed by atoms with Gasteiger partial charge in [-0.15, -0.1) is 0 Å². The molecule has 0 aromatic heterocycles. The zero-order valence-electron chi connectivity index (χ0n) is 9.92. The van der Waals surface area contributed by atoms with Crippen molar-refractivity contribution >= 4 is 5.69 Å². The molecule has 0 spiro atoms. The highest BCUT2D eigenvalue weighted by Crippen LogP contribution is 2.17. The molecule has 1 aromatic carbocycles. The molecular weight excluding hydrogens is 198 g/mol. The van der Waals surface area contributed by atoms with Gasteiger partial charge in [0.25, 0.3) is 0 Å². The quantitative estimate of drug-likeness (QED) is 0.609. The van der Waals surface area contributed by atoms with Gasteiger partial charge in [-0.1, -0.05) is 18.2 Å². The molecule has 0 unspecified atom stereocenters. The largest absolute Gasteiger partial charge is 0.388 e. The number of hydrogen-bond donors (Lipinski definition) is 3. The van der Waals surface area contributed by atoms with E-state index in [1.807, 2.05) is 7.05 Å². The number of rotatable bonds is 7. The summed E-state index contributed by atoms with van der Waals surface area (Å²) in [5, 5.41) is 10.2. The molecule has 1 aromatic rings. The van der Waals surface area contributed by atoms with Crippen molar-refractivity contribution in [2.45, 2.75) is 25.4 Å². The van der Waals surface area contributed by atoms with Crippen LogP contribution in [0.5, 0.6) is 0 Å². The van der Waals surface area contributed by atoms with Crippen molar-refractivity contribution in [2.75, 3.05) is 25.5 Å². The smallest absolute Gasteiger partial charge is 0.0383 e. The molecule has 16 heavy (non-hydrogen) atoms. The van der Waals surface area contributed by atoms with Crippen LogP contribution in [0.1, 0.15) is 18.4 Å². The lowest BCUT2D eigenvalue weighted by molar-refractivity contribution is 0.609. The summed E-state index contributed by atoms with van der Waals surface area (Å²) in [5.74, 6) is 0. The monoisotopic (exact) mass is 219 g/mol. The van der Waals surface area contributed by atoms with Gasteiger partial charge in [-0.05, 0) is 24.5 Å². The Morgan fingerprint density at radius 2 is 2.00 bits per heavy atom. The van der Waals surface area contributed by atoms with Crippen LogP contribution in [0.2, 0.25) is 0 Å². The molecular formula is C13H21N3. The van der Waals surface area contributed by atoms with Crippen LogP contribution in [0.4, 0.5) is 5.69 Å². The number of para-hydroxylation sites is 1. The van der Waals surface area contributed by atoms with Crippen molar-refractivity contribution in [1.29, 1.82) is 0 Å². The lowest BCUT2D eigenvalue weighted by atomic mass is 10.2. The lowest BCUT2D eigenvalue weighted by Gasteiger charge is -2.10. The average molecular weight is 219 g/mol. The highest BCUT2D eigenvalue weighted by molar-refractivity contribution is 5.50. The van der Waals surface area contributed by atoms with Crippen molar-refractivity contribution in [1.82, 2.24) is 10.6 Å². The van der Waals surface area contributed by atoms with E-state index >= 15 is 0 Å². The van der Waals surface area contributed by atoms with Crippen LogP contribution in [0.25, 0.3) is 0 Å². The summed E-state index contributed by atoms with van der Waals surface area (Å²) in [6.45, 7) is 3.05. The van der Waals surface area contributed by atoms with Crippen molar-refractivity contribution in [2.24, 2.45) is 0 Å². The van der Waals surface area contributed by atoms with Crippen LogP contribution < -0.4 is 16.0 Å². The molecule has 2 rings (SSSR count). The van der Waals surface area contributed by atoms with E-state index in [1.54, 1.807) is 0 Å². The van der Waals surface area contributed by atoms with Gasteiger partial charge >= 0.3 is 0 Å². The highest BCUT2D eigenvalue weighted by Gasteiger charge is 2.19. The van der Waals surface area contributed by atoms with E-state index < -0.39 is 0 Å². The van der Waals surface area contributed by atoms with Crippen LogP contribution in [0.3, 0.4) is 0 Å². The fraction of sp³-hybridized carbons (Fsp3) is 0.538. The molecule has 1 fully saturated rings. The maximum atomic E-state index is 3.49. The second kappa shape index (κ2) is 5.87. The van der Waals surface area contributed by atoms with Gasteiger partial charge in [0.2, 0.25) is 0 Å². The van der Waals surface area contributed by atoms with E-state index in [4.69, 9.17) is 0 Å². The topological polar surface area (TPSA) is 36.1 Å². The predicted octanol–water partition coefficient (Wildman–Crippen LogP) is 1.57. The standard InChI is InChI=1S/C13H21N3/c1-14-13-5-3-2-4-11(13)10-15-8-9-16-12-6-7-12/h2-5,12,14-16H,6-10H2,1H3. The highest BCUT2D eigenvalue weighted by atomic mass is 15.0. The Kier molecular flexibility index (Phi) is 4.19. The Morgan fingerprint density at radius 3 is 2.75 bits per heavy atom. The van der Waals surface area contributed by atoms with Gasteiger partial charge in [0, 0.05) is 38.4 Å². The maximum absolute atomic E-state index is 3.49. The molecule has 3 N–H and O–H groups in total. The summed E-state index contributed by atoms with van der Waals surface area (Å²) >= 11 is 0. The third-order valence-electron chi connectivity index (χ3n) is 2.91. The lowest BCUT2D eigenvalue weighted by Crippen LogP contribution is -2.28. The molecule has 0 atom stereocenters. The Morgan fingerprint density at radius 1 is 1.19 bits per heavy atom. The van der Waals surface area contributed by atoms with E-state index in [0.29, 0.717) is 0 Å². The van der Waals surface area contributed by atoms with E-state index in [9.17, 15) is 0 Å². The molecule has 0 aliphatic heterocycles. The zero-order valence-corrected chi connectivity index (χ0v) is 9.92. The fourth-order valence-electron chi connectivity index (χ4n) is 1.79. The molecule has 0 amide bonds. The second-order valence-electron chi connectivity index (χ2n) is 4.31. The van der Waals surface area contributed by atoms with Gasteiger partial charge in [0.1, 0.15) is 0 Å². The molecule has 3 nitrogen and oxygen atoms in total. The number of benzene rings is 1. The Balaban J connectivity index is 1.67. The van der Waals surface area contributed by atoms with Crippen molar-refractivity contribution in [3.63, 3.8) is 0 Å². The maximum Gasteiger partial charge on any atom is 0.0383 e. The molecule has 1 saturated carbocycles. The summed E-state index contributed by atoms with van der Waals surface area (Å²) in [7, 11) is 1.97. The van der Waals surface area contributed by atoms with E-state index in [0.717, 1.165) is 25.7 Å². The molecule has 3 heteroatoms. The SMILES string of the molecule is CNc1ccccc1CNCCNC1CC1. The van der Waals surface area contributed by atoms with Gasteiger partial charge in [-0.2, -0.15) is 0 Å². The minimum atomic E-state index is 0.811. The van der Waals surface area contributed by atoms with Gasteiger partial charge in [0.05, 0.1) is 0 Å². The van der Waals surface area contributed by atoms with Crippen LogP contribution in [0, 0.1) is 0 Å². The summed E-state index contributed by atoms with van der Waals surface area (Å²) < 4.78 is 0. The third-order valence-corrected chi connectivity index (χ3v) is 2.91. The molecule has 0 radical (unpaired) electrons. The summed E-state index contributed by atoms with van der Waals surface area (Å²) in [4.78, 5) is 0. The van der Waals surface area contributed by atoms with Crippen LogP contribution in [-0.2, 0) is 6.54 Å². The number of nitrogens with one attached hydrogen (secondary N) is 3. The summed E-state index contributed by atoms with van der Waals surface area (Å²) in [5.41, 5.74) is 2.54. The van der Waals surface area contributed by atoms with Gasteiger partial charge in [0.15, 0.2) is 0 Å². The normalized spacial score (nSPS) is 15.1. The first-order valence-corrected chi connectivity index (χ1v) is 6.10. The minimum Gasteiger partial charge on any atom is -0.388 e. The zero-order chi connectivity index (χ0) is 11.2. The first-order chi connectivity index (χ1) is 7.90. The molecule has 0 bridgehead atoms. The van der Waals surface area contributed by atoms with Crippen LogP contribution in [-0.4, -0.2) is 26.2 Å². The predicted molar refractivity (Wildman–Crippen MR) is 68.7 cm³/mol. The third kappa shape index (κ3) is 3.51. The molecule has 1 aliphatic carbocycles. The Labute approximate surface area is 97.6 Å². The summed E-state index contributed by atoms with van der Waals surface area (Å²) in [6, 6.07) is 9.23. The van der Waals surface area contributed by atoms with E-state index in [1.165, 1.54) is 24.1 Å². The first-order valence-electron chi connectivity index (χ1n) is 6.10. The molecule has 88 valence electrons. The number of anilines is 1.